The maximum atomic E-state index is 5.36. The number of fused-ring (bicyclic) bond motifs is 11. The third kappa shape index (κ3) is 4.87. The van der Waals surface area contributed by atoms with Crippen LogP contribution in [0.15, 0.2) is 158 Å². The van der Waals surface area contributed by atoms with Gasteiger partial charge in [0, 0.05) is 62.6 Å². The van der Waals surface area contributed by atoms with Crippen molar-refractivity contribution >= 4 is 106 Å². The van der Waals surface area contributed by atoms with Gasteiger partial charge in [-0.3, -0.25) is 0 Å². The lowest BCUT2D eigenvalue weighted by atomic mass is 9.97. The normalized spacial score (nSPS) is 12.0. The van der Waals surface area contributed by atoms with Crippen molar-refractivity contribution in [1.29, 1.82) is 0 Å². The zero-order valence-corrected chi connectivity index (χ0v) is 31.5. The zero-order chi connectivity index (χ0) is 36.0. The van der Waals surface area contributed by atoms with E-state index in [1.165, 1.54) is 51.1 Å². The van der Waals surface area contributed by atoms with Gasteiger partial charge in [-0.25, -0.2) is 19.9 Å². The Bertz CT molecular complexity index is 3510. The van der Waals surface area contributed by atoms with Crippen LogP contribution in [0.1, 0.15) is 0 Å². The molecule has 0 saturated heterocycles. The molecule has 12 aromatic rings. The van der Waals surface area contributed by atoms with E-state index < -0.39 is 0 Å². The van der Waals surface area contributed by atoms with E-state index in [0.29, 0.717) is 17.5 Å². The molecule has 0 N–H and O–H groups in total. The van der Waals surface area contributed by atoms with Crippen molar-refractivity contribution in [2.24, 2.45) is 0 Å². The molecule has 0 aliphatic heterocycles. The van der Waals surface area contributed by atoms with E-state index in [9.17, 15) is 0 Å². The summed E-state index contributed by atoms with van der Waals surface area (Å²) in [6, 6.07) is 55.9. The van der Waals surface area contributed by atoms with E-state index in [1.54, 1.807) is 22.7 Å². The summed E-state index contributed by atoms with van der Waals surface area (Å²) in [6.45, 7) is 0. The molecule has 0 aliphatic rings. The van der Waals surface area contributed by atoms with Crippen LogP contribution in [0, 0.1) is 0 Å². The summed E-state index contributed by atoms with van der Waals surface area (Å²) in [4.78, 5) is 21.2. The lowest BCUT2D eigenvalue weighted by Crippen LogP contribution is -2.01. The van der Waals surface area contributed by atoms with Gasteiger partial charge in [-0.15, -0.1) is 34.0 Å². The summed E-state index contributed by atoms with van der Waals surface area (Å²) in [5, 5.41) is 10.7. The van der Waals surface area contributed by atoms with Crippen LogP contribution >= 0.6 is 34.0 Å². The molecule has 0 atom stereocenters. The smallest absolute Gasteiger partial charge is 0.165 e. The van der Waals surface area contributed by atoms with Gasteiger partial charge >= 0.3 is 0 Å². The number of thiophene rings is 2. The minimum atomic E-state index is 0.640. The molecule has 4 aromatic heterocycles. The number of hydrogen-bond donors (Lipinski definition) is 0. The first-order valence-electron chi connectivity index (χ1n) is 18.1. The molecule has 0 unspecified atom stereocenters. The summed E-state index contributed by atoms with van der Waals surface area (Å²) < 4.78 is 6.14. The fraction of sp³-hybridized carbons (Fsp3) is 0. The highest BCUT2D eigenvalue weighted by atomic mass is 32.1. The SMILES string of the molecule is c1ccc(-c2nc(-c3cc4ccccc4c4ccccc34)nc(-c3cc4nc(-c5ccc6c(c5)sc5ccccc56)sc4c4c3sc3ccccc34)n2)cc1. The van der Waals surface area contributed by atoms with Gasteiger partial charge < -0.3 is 0 Å². The van der Waals surface area contributed by atoms with Crippen LogP contribution in [0.3, 0.4) is 0 Å². The minimum Gasteiger partial charge on any atom is -0.236 e. The second-order valence-electron chi connectivity index (χ2n) is 13.8. The molecule has 0 radical (unpaired) electrons. The highest BCUT2D eigenvalue weighted by molar-refractivity contribution is 7.28. The largest absolute Gasteiger partial charge is 0.236 e. The molecule has 0 fully saturated rings. The summed E-state index contributed by atoms with van der Waals surface area (Å²) in [5.74, 6) is 1.93. The van der Waals surface area contributed by atoms with Gasteiger partial charge in [-0.1, -0.05) is 127 Å². The predicted octanol–water partition coefficient (Wildman–Crippen LogP) is 14.2. The molecule has 12 rings (SSSR count). The number of hydrogen-bond acceptors (Lipinski definition) is 7. The number of nitrogens with zero attached hydrogens (tertiary/aromatic N) is 4. The Morgan fingerprint density at radius 3 is 1.82 bits per heavy atom. The number of benzene rings is 8. The van der Waals surface area contributed by atoms with Crippen LogP contribution in [-0.4, -0.2) is 19.9 Å². The Labute approximate surface area is 326 Å². The standard InChI is InChI=1S/C48H26N4S3/c1-2-12-27(13-3-1)45-50-46(36-24-28-14-4-5-15-30(28)31-16-6-7-17-32(31)36)52-47(51-45)37-26-38-44(42-35-19-9-11-21-40(35)54-43(37)42)55-48(49-38)29-22-23-34-33-18-8-10-20-39(33)53-41(34)25-29/h1-26H. The second-order valence-corrected chi connectivity index (χ2v) is 16.9. The molecule has 256 valence electrons. The average molecular weight is 755 g/mol. The first kappa shape index (κ1) is 31.0. The maximum Gasteiger partial charge on any atom is 0.165 e. The Balaban J connectivity index is 1.13. The highest BCUT2D eigenvalue weighted by Crippen LogP contribution is 2.47. The predicted molar refractivity (Wildman–Crippen MR) is 236 cm³/mol. The Hall–Kier alpha value is -6.38. The number of rotatable bonds is 4. The first-order valence-corrected chi connectivity index (χ1v) is 20.6. The highest BCUT2D eigenvalue weighted by Gasteiger charge is 2.22. The van der Waals surface area contributed by atoms with E-state index in [-0.39, 0.29) is 0 Å². The Morgan fingerprint density at radius 2 is 0.982 bits per heavy atom. The summed E-state index contributed by atoms with van der Waals surface area (Å²) in [5.41, 5.74) is 4.97. The molecule has 0 spiro atoms. The fourth-order valence-corrected chi connectivity index (χ4v) is 11.5. The number of thiazole rings is 1. The molecule has 8 aromatic carbocycles. The van der Waals surface area contributed by atoms with Gasteiger partial charge in [0.2, 0.25) is 0 Å². The topological polar surface area (TPSA) is 51.6 Å². The second kappa shape index (κ2) is 12.1. The van der Waals surface area contributed by atoms with E-state index in [1.807, 2.05) is 29.5 Å². The van der Waals surface area contributed by atoms with Crippen molar-refractivity contribution in [3.63, 3.8) is 0 Å². The van der Waals surface area contributed by atoms with Gasteiger partial charge in [0.1, 0.15) is 5.01 Å². The summed E-state index contributed by atoms with van der Waals surface area (Å²) in [6.07, 6.45) is 0. The van der Waals surface area contributed by atoms with Gasteiger partial charge in [-0.05, 0) is 51.9 Å². The lowest BCUT2D eigenvalue weighted by molar-refractivity contribution is 1.08. The summed E-state index contributed by atoms with van der Waals surface area (Å²) >= 11 is 5.40. The molecule has 0 amide bonds. The van der Waals surface area contributed by atoms with Crippen LogP contribution in [0.4, 0.5) is 0 Å². The molecule has 0 bridgehead atoms. The van der Waals surface area contributed by atoms with Crippen molar-refractivity contribution in [3.05, 3.63) is 158 Å². The third-order valence-electron chi connectivity index (χ3n) is 10.5. The van der Waals surface area contributed by atoms with E-state index in [2.05, 4.69) is 140 Å². The molecule has 0 aliphatic carbocycles. The van der Waals surface area contributed by atoms with Crippen LogP contribution in [-0.2, 0) is 0 Å². The third-order valence-corrected chi connectivity index (χ3v) is 14.0. The van der Waals surface area contributed by atoms with Gasteiger partial charge in [-0.2, -0.15) is 0 Å². The van der Waals surface area contributed by atoms with E-state index in [4.69, 9.17) is 19.9 Å². The van der Waals surface area contributed by atoms with Gasteiger partial charge in [0.25, 0.3) is 0 Å². The van der Waals surface area contributed by atoms with Crippen molar-refractivity contribution in [2.75, 3.05) is 0 Å². The van der Waals surface area contributed by atoms with Gasteiger partial charge in [0.15, 0.2) is 17.5 Å². The van der Waals surface area contributed by atoms with Crippen LogP contribution in [0.2, 0.25) is 0 Å². The van der Waals surface area contributed by atoms with Crippen molar-refractivity contribution < 1.29 is 0 Å². The van der Waals surface area contributed by atoms with E-state index in [0.717, 1.165) is 48.3 Å². The maximum absolute atomic E-state index is 5.36. The quantitative estimate of drug-likeness (QED) is 0.168. The van der Waals surface area contributed by atoms with Crippen molar-refractivity contribution in [1.82, 2.24) is 19.9 Å². The molecule has 55 heavy (non-hydrogen) atoms. The Kier molecular flexibility index (Phi) is 6.80. The average Bonchev–Trinajstić information content (AvgIpc) is 3.96. The van der Waals surface area contributed by atoms with Crippen LogP contribution in [0.5, 0.6) is 0 Å². The molecule has 7 heteroatoms. The minimum absolute atomic E-state index is 0.640. The van der Waals surface area contributed by atoms with Gasteiger partial charge in [0.05, 0.1) is 10.2 Å². The monoisotopic (exact) mass is 754 g/mol. The summed E-state index contributed by atoms with van der Waals surface area (Å²) in [7, 11) is 0. The van der Waals surface area contributed by atoms with Crippen molar-refractivity contribution in [2.45, 2.75) is 0 Å². The Morgan fingerprint density at radius 1 is 0.345 bits per heavy atom. The molecular formula is C48H26N4S3. The molecule has 4 nitrogen and oxygen atoms in total. The van der Waals surface area contributed by atoms with Crippen LogP contribution in [0.25, 0.3) is 117 Å². The number of aromatic nitrogens is 4. The molecule has 4 heterocycles. The van der Waals surface area contributed by atoms with E-state index >= 15 is 0 Å². The van der Waals surface area contributed by atoms with Crippen LogP contribution < -0.4 is 0 Å². The zero-order valence-electron chi connectivity index (χ0n) is 29.0. The molecule has 0 saturated carbocycles. The lowest BCUT2D eigenvalue weighted by Gasteiger charge is -2.13. The molecular weight excluding hydrogens is 729 g/mol. The van der Waals surface area contributed by atoms with Crippen molar-refractivity contribution in [3.8, 4) is 44.7 Å². The fourth-order valence-electron chi connectivity index (χ4n) is 7.99. The first-order chi connectivity index (χ1) is 27.2.